The lowest BCUT2D eigenvalue weighted by Crippen LogP contribution is -2.60. The number of H-pyrrole nitrogens is 1. The maximum atomic E-state index is 12.5. The number of hydrogen-bond acceptors (Lipinski definition) is 3. The topological polar surface area (TPSA) is 99.5 Å². The SMILES string of the molecule is CC(=O)N1CCN(C(=O)CCCc2c[nH]c3ccccc23)CC1C(N)=O. The molecule has 3 amide bonds. The number of nitrogens with zero attached hydrogens (tertiary/aromatic N) is 2. The Hall–Kier alpha value is -2.83. The number of benzene rings is 1. The van der Waals surface area contributed by atoms with Gasteiger partial charge < -0.3 is 20.5 Å². The molecular formula is C19H24N4O3. The molecule has 3 rings (SSSR count). The van der Waals surface area contributed by atoms with Crippen LogP contribution in [0.1, 0.15) is 25.3 Å². The molecule has 7 heteroatoms. The fourth-order valence-electron chi connectivity index (χ4n) is 3.56. The monoisotopic (exact) mass is 356 g/mol. The fraction of sp³-hybridized carbons (Fsp3) is 0.421. The third-order valence-corrected chi connectivity index (χ3v) is 4.98. The van der Waals surface area contributed by atoms with Gasteiger partial charge in [-0.15, -0.1) is 0 Å². The number of aromatic amines is 1. The van der Waals surface area contributed by atoms with Crippen molar-refractivity contribution in [3.63, 3.8) is 0 Å². The highest BCUT2D eigenvalue weighted by atomic mass is 16.2. The number of primary amides is 1. The Morgan fingerprint density at radius 1 is 1.23 bits per heavy atom. The lowest BCUT2D eigenvalue weighted by molar-refractivity contribution is -0.146. The van der Waals surface area contributed by atoms with Crippen molar-refractivity contribution in [3.8, 4) is 0 Å². The maximum Gasteiger partial charge on any atom is 0.242 e. The zero-order valence-electron chi connectivity index (χ0n) is 14.9. The number of carbonyl (C=O) groups is 3. The highest BCUT2D eigenvalue weighted by molar-refractivity contribution is 5.87. The van der Waals surface area contributed by atoms with Gasteiger partial charge in [-0.3, -0.25) is 14.4 Å². The lowest BCUT2D eigenvalue weighted by Gasteiger charge is -2.39. The second-order valence-electron chi connectivity index (χ2n) is 6.68. The number of nitrogens with one attached hydrogen (secondary N) is 1. The van der Waals surface area contributed by atoms with E-state index in [-0.39, 0.29) is 18.4 Å². The second kappa shape index (κ2) is 7.59. The number of para-hydroxylation sites is 1. The highest BCUT2D eigenvalue weighted by Gasteiger charge is 2.34. The van der Waals surface area contributed by atoms with Crippen LogP contribution in [-0.2, 0) is 20.8 Å². The van der Waals surface area contributed by atoms with Crippen LogP contribution in [0.15, 0.2) is 30.5 Å². The van der Waals surface area contributed by atoms with Gasteiger partial charge in [0.05, 0.1) is 6.54 Å². The Labute approximate surface area is 152 Å². The Balaban J connectivity index is 1.55. The van der Waals surface area contributed by atoms with E-state index in [9.17, 15) is 14.4 Å². The minimum Gasteiger partial charge on any atom is -0.368 e. The fourth-order valence-corrected chi connectivity index (χ4v) is 3.56. The molecule has 0 bridgehead atoms. The average molecular weight is 356 g/mol. The molecule has 26 heavy (non-hydrogen) atoms. The van der Waals surface area contributed by atoms with E-state index in [1.807, 2.05) is 24.4 Å². The summed E-state index contributed by atoms with van der Waals surface area (Å²) in [6, 6.07) is 7.36. The van der Waals surface area contributed by atoms with Crippen LogP contribution in [0.25, 0.3) is 10.9 Å². The van der Waals surface area contributed by atoms with Crippen molar-refractivity contribution in [1.29, 1.82) is 0 Å². The summed E-state index contributed by atoms with van der Waals surface area (Å²) in [5.74, 6) is -0.768. The van der Waals surface area contributed by atoms with Crippen LogP contribution in [0.3, 0.4) is 0 Å². The van der Waals surface area contributed by atoms with Crippen molar-refractivity contribution < 1.29 is 14.4 Å². The summed E-state index contributed by atoms with van der Waals surface area (Å²) in [6.45, 7) is 2.38. The number of aryl methyl sites for hydroxylation is 1. The summed E-state index contributed by atoms with van der Waals surface area (Å²) in [7, 11) is 0. The average Bonchev–Trinajstić information content (AvgIpc) is 3.04. The van der Waals surface area contributed by atoms with Crippen LogP contribution in [0.2, 0.25) is 0 Å². The van der Waals surface area contributed by atoms with Gasteiger partial charge in [-0.25, -0.2) is 0 Å². The van der Waals surface area contributed by atoms with E-state index in [0.29, 0.717) is 19.5 Å². The maximum absolute atomic E-state index is 12.5. The van der Waals surface area contributed by atoms with E-state index < -0.39 is 11.9 Å². The molecule has 0 radical (unpaired) electrons. The molecular weight excluding hydrogens is 332 g/mol. The summed E-state index contributed by atoms with van der Waals surface area (Å²) in [4.78, 5) is 42.1. The van der Waals surface area contributed by atoms with Crippen molar-refractivity contribution >= 4 is 28.6 Å². The molecule has 0 saturated carbocycles. The zero-order chi connectivity index (χ0) is 18.7. The van der Waals surface area contributed by atoms with Gasteiger partial charge in [0.25, 0.3) is 0 Å². The first-order valence-corrected chi connectivity index (χ1v) is 8.86. The summed E-state index contributed by atoms with van der Waals surface area (Å²) in [5.41, 5.74) is 7.70. The van der Waals surface area contributed by atoms with Crippen molar-refractivity contribution in [2.75, 3.05) is 19.6 Å². The molecule has 1 aromatic carbocycles. The lowest BCUT2D eigenvalue weighted by atomic mass is 10.1. The highest BCUT2D eigenvalue weighted by Crippen LogP contribution is 2.20. The Morgan fingerprint density at radius 3 is 2.73 bits per heavy atom. The number of piperazine rings is 1. The first-order chi connectivity index (χ1) is 12.5. The van der Waals surface area contributed by atoms with Crippen molar-refractivity contribution in [2.24, 2.45) is 5.73 Å². The van der Waals surface area contributed by atoms with Crippen molar-refractivity contribution in [1.82, 2.24) is 14.8 Å². The van der Waals surface area contributed by atoms with Crippen LogP contribution in [0, 0.1) is 0 Å². The number of rotatable bonds is 5. The summed E-state index contributed by atoms with van der Waals surface area (Å²) >= 11 is 0. The predicted molar refractivity (Wildman–Crippen MR) is 98.2 cm³/mol. The summed E-state index contributed by atoms with van der Waals surface area (Å²) in [5, 5.41) is 1.18. The van der Waals surface area contributed by atoms with Crippen LogP contribution >= 0.6 is 0 Å². The first kappa shape index (κ1) is 18.0. The van der Waals surface area contributed by atoms with E-state index in [1.54, 1.807) is 4.90 Å². The molecule has 0 spiro atoms. The van der Waals surface area contributed by atoms with Gasteiger partial charge in [0.1, 0.15) is 6.04 Å². The van der Waals surface area contributed by atoms with E-state index in [1.165, 1.54) is 22.8 Å². The van der Waals surface area contributed by atoms with Gasteiger partial charge >= 0.3 is 0 Å². The van der Waals surface area contributed by atoms with E-state index >= 15 is 0 Å². The van der Waals surface area contributed by atoms with Crippen LogP contribution < -0.4 is 5.73 Å². The standard InChI is InChI=1S/C19H24N4O3/c1-13(24)23-10-9-22(12-17(23)19(20)26)18(25)8-4-5-14-11-21-16-7-3-2-6-15(14)16/h2-3,6-7,11,17,21H,4-5,8-10,12H2,1H3,(H2,20,26). The molecule has 0 aliphatic carbocycles. The summed E-state index contributed by atoms with van der Waals surface area (Å²) < 4.78 is 0. The molecule has 2 aromatic rings. The number of nitrogens with two attached hydrogens (primary N) is 1. The minimum absolute atomic E-state index is 0.000654. The number of hydrogen-bond donors (Lipinski definition) is 2. The molecule has 1 fully saturated rings. The molecule has 1 aliphatic rings. The van der Waals surface area contributed by atoms with Gasteiger partial charge in [-0.2, -0.15) is 0 Å². The minimum atomic E-state index is -0.737. The number of aromatic nitrogens is 1. The third-order valence-electron chi connectivity index (χ3n) is 4.98. The quantitative estimate of drug-likeness (QED) is 0.837. The number of fused-ring (bicyclic) bond motifs is 1. The second-order valence-corrected chi connectivity index (χ2v) is 6.68. The Bertz CT molecular complexity index is 829. The first-order valence-electron chi connectivity index (χ1n) is 8.86. The van der Waals surface area contributed by atoms with Crippen LogP contribution in [-0.4, -0.2) is 58.2 Å². The largest absolute Gasteiger partial charge is 0.368 e. The summed E-state index contributed by atoms with van der Waals surface area (Å²) in [6.07, 6.45) is 3.94. The zero-order valence-corrected chi connectivity index (χ0v) is 14.9. The molecule has 7 nitrogen and oxygen atoms in total. The van der Waals surface area contributed by atoms with E-state index in [2.05, 4.69) is 11.1 Å². The van der Waals surface area contributed by atoms with Gasteiger partial charge in [0.15, 0.2) is 0 Å². The van der Waals surface area contributed by atoms with Gasteiger partial charge in [0.2, 0.25) is 17.7 Å². The molecule has 2 heterocycles. The molecule has 138 valence electrons. The Morgan fingerprint density at radius 2 is 2.00 bits per heavy atom. The molecule has 1 atom stereocenters. The third kappa shape index (κ3) is 3.71. The Kier molecular flexibility index (Phi) is 5.25. The van der Waals surface area contributed by atoms with Crippen molar-refractivity contribution in [2.45, 2.75) is 32.2 Å². The van der Waals surface area contributed by atoms with Crippen LogP contribution in [0.4, 0.5) is 0 Å². The number of amides is 3. The van der Waals surface area contributed by atoms with Gasteiger partial charge in [-0.1, -0.05) is 18.2 Å². The van der Waals surface area contributed by atoms with Gasteiger partial charge in [0, 0.05) is 43.5 Å². The molecule has 1 unspecified atom stereocenters. The molecule has 3 N–H and O–H groups in total. The van der Waals surface area contributed by atoms with Gasteiger partial charge in [-0.05, 0) is 24.5 Å². The normalized spacial score (nSPS) is 17.5. The molecule has 1 aromatic heterocycles. The number of carbonyl (C=O) groups excluding carboxylic acids is 3. The smallest absolute Gasteiger partial charge is 0.242 e. The van der Waals surface area contributed by atoms with E-state index in [0.717, 1.165) is 18.4 Å². The predicted octanol–water partition coefficient (Wildman–Crippen LogP) is 1.04. The van der Waals surface area contributed by atoms with Crippen LogP contribution in [0.5, 0.6) is 0 Å². The van der Waals surface area contributed by atoms with E-state index in [4.69, 9.17) is 5.73 Å². The van der Waals surface area contributed by atoms with Crippen molar-refractivity contribution in [3.05, 3.63) is 36.0 Å². The molecule has 1 aliphatic heterocycles. The molecule has 1 saturated heterocycles.